The average Bonchev–Trinajstić information content (AvgIpc) is 2.91. The Balaban J connectivity index is 2.12. The topological polar surface area (TPSA) is 36.9 Å². The summed E-state index contributed by atoms with van der Waals surface area (Å²) in [5, 5.41) is 0. The minimum atomic E-state index is -4.68. The normalized spacial score (nSPS) is 11.2. The molecule has 0 fully saturated rings. The molecule has 0 aromatic heterocycles. The first kappa shape index (κ1) is 25.0. The van der Waals surface area contributed by atoms with Crippen LogP contribution >= 0.6 is 0 Å². The van der Waals surface area contributed by atoms with Crippen molar-refractivity contribution in [2.75, 3.05) is 28.4 Å². The van der Waals surface area contributed by atoms with Crippen molar-refractivity contribution in [3.8, 4) is 56.4 Å². The smallest absolute Gasteiger partial charge is 0.417 e. The third-order valence-corrected chi connectivity index (χ3v) is 5.91. The van der Waals surface area contributed by atoms with Gasteiger partial charge in [-0.1, -0.05) is 48.5 Å². The number of hydrogen-bond donors (Lipinski definition) is 0. The minimum Gasteiger partial charge on any atom is -0.497 e. The standard InChI is InChI=1S/C29H25F3O4/c1-33-21-14-20(15-22(17-21)34-2)24-12-11-23(18-8-6-5-7-9-18)27(28(24)29(30,31)32)19-10-13-25(35-3)26(16-19)36-4/h5-17H,1-4H3. The van der Waals surface area contributed by atoms with Crippen molar-refractivity contribution in [3.63, 3.8) is 0 Å². The van der Waals surface area contributed by atoms with Crippen LogP contribution < -0.4 is 18.9 Å². The van der Waals surface area contributed by atoms with Gasteiger partial charge in [-0.25, -0.2) is 0 Å². The van der Waals surface area contributed by atoms with Crippen LogP contribution in [0.25, 0.3) is 33.4 Å². The molecular weight excluding hydrogens is 469 g/mol. The molecular formula is C29H25F3O4. The predicted molar refractivity (Wildman–Crippen MR) is 134 cm³/mol. The van der Waals surface area contributed by atoms with Crippen LogP contribution in [0.15, 0.2) is 78.9 Å². The lowest BCUT2D eigenvalue weighted by Gasteiger charge is -2.23. The Kier molecular flexibility index (Phi) is 7.10. The van der Waals surface area contributed by atoms with E-state index in [2.05, 4.69) is 0 Å². The van der Waals surface area contributed by atoms with Crippen molar-refractivity contribution in [1.82, 2.24) is 0 Å². The first-order chi connectivity index (χ1) is 17.3. The number of alkyl halides is 3. The number of halogens is 3. The molecule has 0 saturated carbocycles. The van der Waals surface area contributed by atoms with E-state index in [9.17, 15) is 13.2 Å². The third-order valence-electron chi connectivity index (χ3n) is 5.91. The van der Waals surface area contributed by atoms with Crippen molar-refractivity contribution in [2.45, 2.75) is 6.18 Å². The summed E-state index contributed by atoms with van der Waals surface area (Å²) in [5.41, 5.74) is 1.02. The molecule has 0 N–H and O–H groups in total. The quantitative estimate of drug-likeness (QED) is 0.263. The zero-order chi connectivity index (χ0) is 25.9. The molecule has 0 spiro atoms. The van der Waals surface area contributed by atoms with Crippen LogP contribution in [-0.2, 0) is 6.18 Å². The molecule has 0 aliphatic carbocycles. The Morgan fingerprint density at radius 2 is 1.14 bits per heavy atom. The fourth-order valence-corrected chi connectivity index (χ4v) is 4.25. The highest BCUT2D eigenvalue weighted by atomic mass is 19.4. The fraction of sp³-hybridized carbons (Fsp3) is 0.172. The van der Waals surface area contributed by atoms with Crippen LogP contribution in [0.2, 0.25) is 0 Å². The second kappa shape index (κ2) is 10.2. The number of ether oxygens (including phenoxy) is 4. The van der Waals surface area contributed by atoms with E-state index in [0.29, 0.717) is 45.3 Å². The van der Waals surface area contributed by atoms with Gasteiger partial charge in [0.1, 0.15) is 11.5 Å². The lowest BCUT2D eigenvalue weighted by Crippen LogP contribution is -2.11. The van der Waals surface area contributed by atoms with Gasteiger partial charge in [0.25, 0.3) is 0 Å². The average molecular weight is 495 g/mol. The van der Waals surface area contributed by atoms with Crippen LogP contribution in [0.5, 0.6) is 23.0 Å². The number of hydrogen-bond acceptors (Lipinski definition) is 4. The second-order valence-corrected chi connectivity index (χ2v) is 7.95. The fourth-order valence-electron chi connectivity index (χ4n) is 4.25. The summed E-state index contributed by atoms with van der Waals surface area (Å²) in [6, 6.07) is 21.7. The monoisotopic (exact) mass is 494 g/mol. The van der Waals surface area contributed by atoms with Gasteiger partial charge in [0.15, 0.2) is 11.5 Å². The van der Waals surface area contributed by atoms with Crippen LogP contribution in [0.1, 0.15) is 5.56 Å². The van der Waals surface area contributed by atoms with Crippen LogP contribution in [-0.4, -0.2) is 28.4 Å². The van der Waals surface area contributed by atoms with Gasteiger partial charge in [-0.15, -0.1) is 0 Å². The van der Waals surface area contributed by atoms with Crippen LogP contribution in [0.4, 0.5) is 13.2 Å². The van der Waals surface area contributed by atoms with Gasteiger partial charge in [0.2, 0.25) is 0 Å². The molecule has 4 aromatic carbocycles. The van der Waals surface area contributed by atoms with Gasteiger partial charge in [-0.2, -0.15) is 13.2 Å². The van der Waals surface area contributed by atoms with Gasteiger partial charge in [-0.3, -0.25) is 0 Å². The lowest BCUT2D eigenvalue weighted by atomic mass is 9.85. The largest absolute Gasteiger partial charge is 0.497 e. The third kappa shape index (κ3) is 4.82. The summed E-state index contributed by atoms with van der Waals surface area (Å²) < 4.78 is 66.2. The van der Waals surface area contributed by atoms with E-state index >= 15 is 0 Å². The van der Waals surface area contributed by atoms with Crippen molar-refractivity contribution < 1.29 is 32.1 Å². The SMILES string of the molecule is COc1cc(OC)cc(-c2ccc(-c3ccccc3)c(-c3ccc(OC)c(OC)c3)c2C(F)(F)F)c1. The summed E-state index contributed by atoms with van der Waals surface area (Å²) >= 11 is 0. The van der Waals surface area contributed by atoms with Crippen LogP contribution in [0.3, 0.4) is 0 Å². The van der Waals surface area contributed by atoms with Crippen molar-refractivity contribution in [3.05, 3.63) is 84.4 Å². The highest BCUT2D eigenvalue weighted by Crippen LogP contribution is 2.49. The van der Waals surface area contributed by atoms with Crippen molar-refractivity contribution >= 4 is 0 Å². The van der Waals surface area contributed by atoms with E-state index in [1.165, 1.54) is 34.5 Å². The first-order valence-electron chi connectivity index (χ1n) is 11.1. The molecule has 0 aliphatic rings. The van der Waals surface area contributed by atoms with E-state index in [0.717, 1.165) is 0 Å². The number of methoxy groups -OCH3 is 4. The molecule has 0 amide bonds. The maximum atomic E-state index is 15.0. The molecule has 0 saturated heterocycles. The predicted octanol–water partition coefficient (Wildman–Crippen LogP) is 7.74. The zero-order valence-corrected chi connectivity index (χ0v) is 20.3. The van der Waals surface area contributed by atoms with Crippen LogP contribution in [0, 0.1) is 0 Å². The maximum absolute atomic E-state index is 15.0. The Bertz CT molecular complexity index is 1340. The number of benzene rings is 4. The Morgan fingerprint density at radius 3 is 1.69 bits per heavy atom. The molecule has 4 rings (SSSR count). The highest BCUT2D eigenvalue weighted by Gasteiger charge is 2.38. The number of rotatable bonds is 7. The van der Waals surface area contributed by atoms with Crippen molar-refractivity contribution in [1.29, 1.82) is 0 Å². The second-order valence-electron chi connectivity index (χ2n) is 7.95. The molecule has 0 unspecified atom stereocenters. The van der Waals surface area contributed by atoms with E-state index in [1.807, 2.05) is 6.07 Å². The van der Waals surface area contributed by atoms with Gasteiger partial charge in [0.05, 0.1) is 34.0 Å². The zero-order valence-electron chi connectivity index (χ0n) is 20.3. The minimum absolute atomic E-state index is 0.00386. The molecule has 4 nitrogen and oxygen atoms in total. The highest BCUT2D eigenvalue weighted by molar-refractivity contribution is 5.92. The summed E-state index contributed by atoms with van der Waals surface area (Å²) in [5.74, 6) is 1.52. The van der Waals surface area contributed by atoms with E-state index in [1.54, 1.807) is 66.7 Å². The Hall–Kier alpha value is -4.13. The van der Waals surface area contributed by atoms with E-state index in [-0.39, 0.29) is 11.1 Å². The molecule has 186 valence electrons. The van der Waals surface area contributed by atoms with Gasteiger partial charge in [0, 0.05) is 11.6 Å². The van der Waals surface area contributed by atoms with Gasteiger partial charge in [-0.05, 0) is 52.1 Å². The van der Waals surface area contributed by atoms with E-state index in [4.69, 9.17) is 18.9 Å². The summed E-state index contributed by atoms with van der Waals surface area (Å²) in [6.45, 7) is 0. The molecule has 36 heavy (non-hydrogen) atoms. The van der Waals surface area contributed by atoms with Gasteiger partial charge < -0.3 is 18.9 Å². The molecule has 0 aliphatic heterocycles. The van der Waals surface area contributed by atoms with E-state index < -0.39 is 11.7 Å². The van der Waals surface area contributed by atoms with Gasteiger partial charge >= 0.3 is 6.18 Å². The molecule has 0 atom stereocenters. The molecule has 0 heterocycles. The first-order valence-corrected chi connectivity index (χ1v) is 11.1. The molecule has 0 radical (unpaired) electrons. The molecule has 4 aromatic rings. The lowest BCUT2D eigenvalue weighted by molar-refractivity contribution is -0.136. The Morgan fingerprint density at radius 1 is 0.528 bits per heavy atom. The summed E-state index contributed by atoms with van der Waals surface area (Å²) in [6.07, 6.45) is -4.68. The molecule has 0 bridgehead atoms. The summed E-state index contributed by atoms with van der Waals surface area (Å²) in [4.78, 5) is 0. The maximum Gasteiger partial charge on any atom is 0.417 e. The Labute approximate surface area is 207 Å². The van der Waals surface area contributed by atoms with Crippen molar-refractivity contribution in [2.24, 2.45) is 0 Å². The summed E-state index contributed by atoms with van der Waals surface area (Å²) in [7, 11) is 5.84. The molecule has 7 heteroatoms.